The van der Waals surface area contributed by atoms with Crippen LogP contribution in [0.5, 0.6) is 0 Å². The van der Waals surface area contributed by atoms with E-state index >= 15 is 0 Å². The van der Waals surface area contributed by atoms with Crippen LogP contribution in [0.2, 0.25) is 5.02 Å². The molecule has 0 radical (unpaired) electrons. The normalized spacial score (nSPS) is 16.3. The maximum absolute atomic E-state index is 12.5. The van der Waals surface area contributed by atoms with Gasteiger partial charge in [0.1, 0.15) is 0 Å². The molecule has 0 unspecified atom stereocenters. The first kappa shape index (κ1) is 16.1. The minimum Gasteiger partial charge on any atom is -0.290 e. The molecule has 1 heterocycles. The van der Waals surface area contributed by atoms with Gasteiger partial charge in [-0.1, -0.05) is 53.2 Å². The van der Waals surface area contributed by atoms with Crippen LogP contribution in [0.25, 0.3) is 6.08 Å². The van der Waals surface area contributed by atoms with Gasteiger partial charge < -0.3 is 0 Å². The highest BCUT2D eigenvalue weighted by Gasteiger charge is 2.32. The van der Waals surface area contributed by atoms with Crippen molar-refractivity contribution in [2.45, 2.75) is 6.92 Å². The Labute approximate surface area is 149 Å². The molecule has 1 saturated heterocycles. The molecule has 6 heteroatoms. The second-order valence-electron chi connectivity index (χ2n) is 5.05. The number of benzene rings is 2. The molecule has 116 valence electrons. The summed E-state index contributed by atoms with van der Waals surface area (Å²) in [5.74, 6) is -0.157. The Morgan fingerprint density at radius 2 is 1.78 bits per heavy atom. The highest BCUT2D eigenvalue weighted by molar-refractivity contribution is 8.26. The number of hydrogen-bond donors (Lipinski definition) is 1. The summed E-state index contributed by atoms with van der Waals surface area (Å²) in [7, 11) is 0. The van der Waals surface area contributed by atoms with Gasteiger partial charge in [0.15, 0.2) is 4.32 Å². The Morgan fingerprint density at radius 3 is 2.43 bits per heavy atom. The topological polar surface area (TPSA) is 32.3 Å². The monoisotopic (exact) mass is 360 g/mol. The summed E-state index contributed by atoms with van der Waals surface area (Å²) in [6, 6.07) is 15.1. The molecule has 0 aliphatic carbocycles. The summed E-state index contributed by atoms with van der Waals surface area (Å²) < 4.78 is 0.482. The Morgan fingerprint density at radius 1 is 1.13 bits per heavy atom. The summed E-state index contributed by atoms with van der Waals surface area (Å²) in [5.41, 5.74) is 5.94. The molecule has 2 aromatic rings. The fraction of sp³-hybridized carbons (Fsp3) is 0.0588. The summed E-state index contributed by atoms with van der Waals surface area (Å²) in [4.78, 5) is 13.1. The molecular formula is C17H13ClN2OS2. The summed E-state index contributed by atoms with van der Waals surface area (Å²) in [6.45, 7) is 2.01. The van der Waals surface area contributed by atoms with Crippen LogP contribution >= 0.6 is 35.6 Å². The highest BCUT2D eigenvalue weighted by Crippen LogP contribution is 2.32. The number of hydrogen-bond acceptors (Lipinski definition) is 4. The lowest BCUT2D eigenvalue weighted by molar-refractivity contribution is -0.121. The summed E-state index contributed by atoms with van der Waals surface area (Å²) in [6.07, 6.45) is 1.81. The molecule has 0 saturated carbocycles. The van der Waals surface area contributed by atoms with E-state index in [-0.39, 0.29) is 5.91 Å². The average molecular weight is 361 g/mol. The summed E-state index contributed by atoms with van der Waals surface area (Å²) >= 11 is 12.4. The molecule has 1 N–H and O–H groups in total. The number of thioether (sulfide) groups is 1. The van der Waals surface area contributed by atoms with Crippen molar-refractivity contribution < 1.29 is 4.79 Å². The first-order valence-corrected chi connectivity index (χ1v) is 8.50. The molecule has 2 aromatic carbocycles. The molecule has 1 amide bonds. The molecule has 3 nitrogen and oxygen atoms in total. The number of nitrogens with one attached hydrogen (secondary N) is 1. The lowest BCUT2D eigenvalue weighted by atomic mass is 10.2. The van der Waals surface area contributed by atoms with E-state index in [0.717, 1.165) is 16.8 Å². The van der Waals surface area contributed by atoms with Crippen molar-refractivity contribution in [3.63, 3.8) is 0 Å². The van der Waals surface area contributed by atoms with Crippen molar-refractivity contribution in [1.82, 2.24) is 5.01 Å². The van der Waals surface area contributed by atoms with Gasteiger partial charge >= 0.3 is 0 Å². The average Bonchev–Trinajstić information content (AvgIpc) is 2.79. The van der Waals surface area contributed by atoms with Gasteiger partial charge in [0.25, 0.3) is 5.91 Å². The fourth-order valence-corrected chi connectivity index (χ4v) is 3.34. The van der Waals surface area contributed by atoms with E-state index in [0.29, 0.717) is 14.2 Å². The Bertz CT molecular complexity index is 785. The number of thiocarbonyl (C=S) groups is 1. The molecule has 0 bridgehead atoms. The number of hydrazine groups is 1. The van der Waals surface area contributed by atoms with E-state index in [2.05, 4.69) is 5.43 Å². The van der Waals surface area contributed by atoms with Crippen molar-refractivity contribution in [2.24, 2.45) is 0 Å². The smallest absolute Gasteiger partial charge is 0.285 e. The van der Waals surface area contributed by atoms with E-state index in [1.54, 1.807) is 12.1 Å². The Hall–Kier alpha value is -1.82. The van der Waals surface area contributed by atoms with E-state index in [1.807, 2.05) is 49.4 Å². The standard InChI is InChI=1S/C17H13ClN2OS2/c1-11-2-8-14(9-3-11)19-20-16(21)15(23-17(20)22)10-12-4-6-13(18)7-5-12/h2-10,19H,1H3/b15-10+. The van der Waals surface area contributed by atoms with E-state index in [9.17, 15) is 4.79 Å². The van der Waals surface area contributed by atoms with Crippen LogP contribution in [0.4, 0.5) is 5.69 Å². The third kappa shape index (κ3) is 3.75. The van der Waals surface area contributed by atoms with Gasteiger partial charge in [0, 0.05) is 5.02 Å². The number of carbonyl (C=O) groups is 1. The van der Waals surface area contributed by atoms with Crippen LogP contribution in [0.15, 0.2) is 53.4 Å². The highest BCUT2D eigenvalue weighted by atomic mass is 35.5. The Balaban J connectivity index is 1.79. The van der Waals surface area contributed by atoms with E-state index in [4.69, 9.17) is 23.8 Å². The number of aryl methyl sites for hydroxylation is 1. The van der Waals surface area contributed by atoms with Gasteiger partial charge in [0.05, 0.1) is 10.6 Å². The molecule has 23 heavy (non-hydrogen) atoms. The molecule has 0 aromatic heterocycles. The maximum Gasteiger partial charge on any atom is 0.285 e. The zero-order valence-electron chi connectivity index (χ0n) is 12.2. The largest absolute Gasteiger partial charge is 0.290 e. The van der Waals surface area contributed by atoms with E-state index < -0.39 is 0 Å². The molecular weight excluding hydrogens is 348 g/mol. The molecule has 3 rings (SSSR count). The maximum atomic E-state index is 12.5. The minimum absolute atomic E-state index is 0.157. The van der Waals surface area contributed by atoms with Crippen molar-refractivity contribution in [3.05, 3.63) is 69.6 Å². The number of amides is 1. The fourth-order valence-electron chi connectivity index (χ4n) is 2.03. The SMILES string of the molecule is Cc1ccc(NN2C(=O)/C(=C\c3ccc(Cl)cc3)SC2=S)cc1. The van der Waals surface area contributed by atoms with Gasteiger partial charge in [-0.2, -0.15) is 0 Å². The van der Waals surface area contributed by atoms with Crippen LogP contribution in [0, 0.1) is 6.92 Å². The molecule has 1 fully saturated rings. The van der Waals surface area contributed by atoms with E-state index in [1.165, 1.54) is 16.8 Å². The lowest BCUT2D eigenvalue weighted by Gasteiger charge is -2.17. The molecule has 1 aliphatic rings. The van der Waals surface area contributed by atoms with Crippen molar-refractivity contribution in [3.8, 4) is 0 Å². The number of rotatable bonds is 3. The van der Waals surface area contributed by atoms with Gasteiger partial charge in [-0.3, -0.25) is 10.2 Å². The van der Waals surface area contributed by atoms with Crippen LogP contribution in [0.1, 0.15) is 11.1 Å². The van der Waals surface area contributed by atoms with Gasteiger partial charge in [-0.25, -0.2) is 5.01 Å². The van der Waals surface area contributed by atoms with Gasteiger partial charge in [-0.05, 0) is 55.0 Å². The molecule has 1 aliphatic heterocycles. The quantitative estimate of drug-likeness (QED) is 0.624. The van der Waals surface area contributed by atoms with Crippen LogP contribution in [-0.2, 0) is 4.79 Å². The second kappa shape index (κ2) is 6.74. The third-order valence-electron chi connectivity index (χ3n) is 3.25. The van der Waals surface area contributed by atoms with Gasteiger partial charge in [0.2, 0.25) is 0 Å². The van der Waals surface area contributed by atoms with Crippen LogP contribution in [0.3, 0.4) is 0 Å². The molecule has 0 spiro atoms. The minimum atomic E-state index is -0.157. The number of anilines is 1. The zero-order valence-corrected chi connectivity index (χ0v) is 14.6. The Kier molecular flexibility index (Phi) is 4.71. The van der Waals surface area contributed by atoms with Gasteiger partial charge in [-0.15, -0.1) is 0 Å². The first-order chi connectivity index (χ1) is 11.0. The van der Waals surface area contributed by atoms with Crippen LogP contribution in [-0.4, -0.2) is 15.2 Å². The van der Waals surface area contributed by atoms with Crippen LogP contribution < -0.4 is 5.43 Å². The van der Waals surface area contributed by atoms with Crippen molar-refractivity contribution in [2.75, 3.05) is 5.43 Å². The third-order valence-corrected chi connectivity index (χ3v) is 4.81. The molecule has 0 atom stereocenters. The number of halogens is 1. The lowest BCUT2D eigenvalue weighted by Crippen LogP contribution is -2.33. The zero-order chi connectivity index (χ0) is 16.4. The first-order valence-electron chi connectivity index (χ1n) is 6.90. The summed E-state index contributed by atoms with van der Waals surface area (Å²) in [5, 5.41) is 2.06. The second-order valence-corrected chi connectivity index (χ2v) is 7.16. The van der Waals surface area contributed by atoms with Crippen molar-refractivity contribution >= 4 is 57.6 Å². The van der Waals surface area contributed by atoms with Crippen molar-refractivity contribution in [1.29, 1.82) is 0 Å². The predicted molar refractivity (Wildman–Crippen MR) is 101 cm³/mol. The number of carbonyl (C=O) groups excluding carboxylic acids is 1. The predicted octanol–water partition coefficient (Wildman–Crippen LogP) is 4.88. The number of nitrogens with zero attached hydrogens (tertiary/aromatic N) is 1.